The molecule has 2 rings (SSSR count). The minimum Gasteiger partial charge on any atom is -0.490 e. The van der Waals surface area contributed by atoms with E-state index < -0.39 is 0 Å². The maximum absolute atomic E-state index is 12.5. The van der Waals surface area contributed by atoms with Crippen molar-refractivity contribution in [3.05, 3.63) is 59.7 Å². The standard InChI is InChI=1S/C25H34N2O4/c1-5-30-21-13-12-20(17-22(21)31-6-2)25(18(3)4)27-23(28)14-15-26-24(29)16-19-10-8-7-9-11-19/h7-13,17-18,25H,5-6,14-16H2,1-4H3,(H,26,29)(H,27,28). The summed E-state index contributed by atoms with van der Waals surface area (Å²) >= 11 is 0. The first-order valence-corrected chi connectivity index (χ1v) is 10.9. The van der Waals surface area contributed by atoms with Gasteiger partial charge in [-0.1, -0.05) is 50.2 Å². The van der Waals surface area contributed by atoms with E-state index in [-0.39, 0.29) is 30.2 Å². The Morgan fingerprint density at radius 1 is 0.903 bits per heavy atom. The SMILES string of the molecule is CCOc1ccc(C(NC(=O)CCNC(=O)Cc2ccccc2)C(C)C)cc1OCC. The molecule has 0 bridgehead atoms. The molecule has 6 nitrogen and oxygen atoms in total. The number of carbonyl (C=O) groups is 2. The van der Waals surface area contributed by atoms with E-state index in [1.807, 2.05) is 62.4 Å². The topological polar surface area (TPSA) is 76.7 Å². The van der Waals surface area contributed by atoms with Gasteiger partial charge < -0.3 is 20.1 Å². The zero-order valence-electron chi connectivity index (χ0n) is 18.9. The van der Waals surface area contributed by atoms with Crippen LogP contribution in [0.25, 0.3) is 0 Å². The molecule has 31 heavy (non-hydrogen) atoms. The first-order chi connectivity index (χ1) is 14.9. The molecule has 1 unspecified atom stereocenters. The van der Waals surface area contributed by atoms with Gasteiger partial charge in [0.15, 0.2) is 11.5 Å². The molecule has 2 aromatic carbocycles. The van der Waals surface area contributed by atoms with Crippen molar-refractivity contribution in [3.63, 3.8) is 0 Å². The third-order valence-corrected chi connectivity index (χ3v) is 4.79. The van der Waals surface area contributed by atoms with Gasteiger partial charge in [-0.3, -0.25) is 9.59 Å². The number of carbonyl (C=O) groups excluding carboxylic acids is 2. The Labute approximate surface area is 185 Å². The number of hydrogen-bond acceptors (Lipinski definition) is 4. The van der Waals surface area contributed by atoms with E-state index >= 15 is 0 Å². The highest BCUT2D eigenvalue weighted by Crippen LogP contribution is 2.33. The second kappa shape index (κ2) is 12.6. The van der Waals surface area contributed by atoms with Crippen molar-refractivity contribution in [2.45, 2.75) is 46.6 Å². The van der Waals surface area contributed by atoms with Gasteiger partial charge in [0.2, 0.25) is 11.8 Å². The molecular weight excluding hydrogens is 392 g/mol. The molecule has 2 aromatic rings. The van der Waals surface area contributed by atoms with Crippen LogP contribution in [0.2, 0.25) is 0 Å². The Bertz CT molecular complexity index is 837. The van der Waals surface area contributed by atoms with Crippen molar-refractivity contribution in [2.24, 2.45) is 5.92 Å². The molecule has 0 heterocycles. The second-order valence-corrected chi connectivity index (χ2v) is 7.62. The van der Waals surface area contributed by atoms with Crippen LogP contribution in [0.15, 0.2) is 48.5 Å². The number of rotatable bonds is 12. The van der Waals surface area contributed by atoms with Crippen molar-refractivity contribution in [1.29, 1.82) is 0 Å². The van der Waals surface area contributed by atoms with Crippen molar-refractivity contribution in [3.8, 4) is 11.5 Å². The van der Waals surface area contributed by atoms with Crippen molar-refractivity contribution < 1.29 is 19.1 Å². The van der Waals surface area contributed by atoms with E-state index in [2.05, 4.69) is 24.5 Å². The molecule has 0 aromatic heterocycles. The Hall–Kier alpha value is -3.02. The van der Waals surface area contributed by atoms with Gasteiger partial charge in [0, 0.05) is 13.0 Å². The van der Waals surface area contributed by atoms with E-state index in [4.69, 9.17) is 9.47 Å². The lowest BCUT2D eigenvalue weighted by Crippen LogP contribution is -2.35. The molecule has 1 atom stereocenters. The highest BCUT2D eigenvalue weighted by Gasteiger charge is 2.20. The van der Waals surface area contributed by atoms with Crippen LogP contribution >= 0.6 is 0 Å². The molecule has 168 valence electrons. The number of nitrogens with one attached hydrogen (secondary N) is 2. The summed E-state index contributed by atoms with van der Waals surface area (Å²) in [4.78, 5) is 24.6. The number of ether oxygens (including phenoxy) is 2. The number of benzene rings is 2. The minimum absolute atomic E-state index is 0.0905. The molecule has 6 heteroatoms. The Kier molecular flexibility index (Phi) is 9.88. The lowest BCUT2D eigenvalue weighted by molar-refractivity contribution is -0.122. The smallest absolute Gasteiger partial charge is 0.224 e. The largest absolute Gasteiger partial charge is 0.490 e. The van der Waals surface area contributed by atoms with E-state index in [1.54, 1.807) is 0 Å². The van der Waals surface area contributed by atoms with Crippen LogP contribution in [0.3, 0.4) is 0 Å². The fourth-order valence-electron chi connectivity index (χ4n) is 3.30. The predicted octanol–water partition coefficient (Wildman–Crippen LogP) is 4.05. The van der Waals surface area contributed by atoms with E-state index in [1.165, 1.54) is 0 Å². The molecule has 0 spiro atoms. The van der Waals surface area contributed by atoms with Gasteiger partial charge >= 0.3 is 0 Å². The average molecular weight is 427 g/mol. The quantitative estimate of drug-likeness (QED) is 0.537. The van der Waals surface area contributed by atoms with Crippen LogP contribution in [-0.4, -0.2) is 31.6 Å². The van der Waals surface area contributed by atoms with Crippen molar-refractivity contribution >= 4 is 11.8 Å². The lowest BCUT2D eigenvalue weighted by atomic mass is 9.95. The van der Waals surface area contributed by atoms with Crippen LogP contribution < -0.4 is 20.1 Å². The fraction of sp³-hybridized carbons (Fsp3) is 0.440. The van der Waals surface area contributed by atoms with Crippen molar-refractivity contribution in [2.75, 3.05) is 19.8 Å². The summed E-state index contributed by atoms with van der Waals surface area (Å²) in [6.07, 6.45) is 0.530. The summed E-state index contributed by atoms with van der Waals surface area (Å²) < 4.78 is 11.4. The summed E-state index contributed by atoms with van der Waals surface area (Å²) in [6.45, 7) is 9.36. The molecule has 0 saturated heterocycles. The van der Waals surface area contributed by atoms with Gasteiger partial charge in [0.05, 0.1) is 25.7 Å². The minimum atomic E-state index is -0.164. The molecule has 0 fully saturated rings. The van der Waals surface area contributed by atoms with Crippen LogP contribution in [-0.2, 0) is 16.0 Å². The van der Waals surface area contributed by atoms with Gasteiger partial charge in [0.25, 0.3) is 0 Å². The van der Waals surface area contributed by atoms with Crippen LogP contribution in [0, 0.1) is 5.92 Å². The van der Waals surface area contributed by atoms with E-state index in [0.717, 1.165) is 11.1 Å². The summed E-state index contributed by atoms with van der Waals surface area (Å²) in [5.74, 6) is 1.36. The highest BCUT2D eigenvalue weighted by atomic mass is 16.5. The zero-order valence-corrected chi connectivity index (χ0v) is 18.9. The Balaban J connectivity index is 1.92. The Morgan fingerprint density at radius 3 is 2.23 bits per heavy atom. The molecule has 0 aliphatic rings. The first kappa shape index (κ1) is 24.3. The number of hydrogen-bond donors (Lipinski definition) is 2. The van der Waals surface area contributed by atoms with Crippen LogP contribution in [0.1, 0.15) is 51.3 Å². The molecular formula is C25H34N2O4. The maximum atomic E-state index is 12.5. The van der Waals surface area contributed by atoms with Gasteiger partial charge in [-0.15, -0.1) is 0 Å². The van der Waals surface area contributed by atoms with Gasteiger partial charge in [0.1, 0.15) is 0 Å². The molecule has 2 amide bonds. The molecule has 2 N–H and O–H groups in total. The number of amides is 2. The third-order valence-electron chi connectivity index (χ3n) is 4.79. The molecule has 0 radical (unpaired) electrons. The zero-order chi connectivity index (χ0) is 22.6. The molecule has 0 aliphatic heterocycles. The highest BCUT2D eigenvalue weighted by molar-refractivity contribution is 5.80. The summed E-state index contributed by atoms with van der Waals surface area (Å²) in [5.41, 5.74) is 1.91. The van der Waals surface area contributed by atoms with Crippen LogP contribution in [0.4, 0.5) is 0 Å². The van der Waals surface area contributed by atoms with Gasteiger partial charge in [-0.05, 0) is 43.0 Å². The molecule has 0 saturated carbocycles. The summed E-state index contributed by atoms with van der Waals surface area (Å²) in [6, 6.07) is 15.1. The normalized spacial score (nSPS) is 11.6. The van der Waals surface area contributed by atoms with Gasteiger partial charge in [-0.2, -0.15) is 0 Å². The van der Waals surface area contributed by atoms with Crippen LogP contribution in [0.5, 0.6) is 11.5 Å². The average Bonchev–Trinajstić information content (AvgIpc) is 2.74. The molecule has 0 aliphatic carbocycles. The third kappa shape index (κ3) is 7.96. The van der Waals surface area contributed by atoms with Gasteiger partial charge in [-0.25, -0.2) is 0 Å². The summed E-state index contributed by atoms with van der Waals surface area (Å²) in [5, 5.41) is 5.91. The predicted molar refractivity (Wildman–Crippen MR) is 122 cm³/mol. The lowest BCUT2D eigenvalue weighted by Gasteiger charge is -2.24. The van der Waals surface area contributed by atoms with E-state index in [9.17, 15) is 9.59 Å². The second-order valence-electron chi connectivity index (χ2n) is 7.62. The Morgan fingerprint density at radius 2 is 1.58 bits per heavy atom. The monoisotopic (exact) mass is 426 g/mol. The fourth-order valence-corrected chi connectivity index (χ4v) is 3.30. The maximum Gasteiger partial charge on any atom is 0.224 e. The van der Waals surface area contributed by atoms with E-state index in [0.29, 0.717) is 37.7 Å². The van der Waals surface area contributed by atoms with Crippen molar-refractivity contribution in [1.82, 2.24) is 10.6 Å². The summed E-state index contributed by atoms with van der Waals surface area (Å²) in [7, 11) is 0. The first-order valence-electron chi connectivity index (χ1n) is 10.9.